The number of aliphatic hydroxyl groups is 1. The minimum atomic E-state index is -0.853. The number of aliphatic hydroxyl groups excluding tert-OH is 1. The molecular formula is C14H19NO5. The largest absolute Gasteiger partial charge is 0.388 e. The topological polar surface area (TPSA) is 83.2 Å². The Hall–Kier alpha value is -1.02. The maximum absolute atomic E-state index is 10.3. The van der Waals surface area contributed by atoms with Gasteiger partial charge in [0.25, 0.3) is 0 Å². The van der Waals surface area contributed by atoms with Crippen molar-refractivity contribution < 1.29 is 24.1 Å². The average molecular weight is 281 g/mol. The van der Waals surface area contributed by atoms with E-state index in [2.05, 4.69) is 0 Å². The van der Waals surface area contributed by atoms with Gasteiger partial charge in [-0.1, -0.05) is 30.3 Å². The van der Waals surface area contributed by atoms with E-state index < -0.39 is 30.8 Å². The lowest BCUT2D eigenvalue weighted by molar-refractivity contribution is -0.339. The molecule has 0 aromatic heterocycles. The van der Waals surface area contributed by atoms with Crippen molar-refractivity contribution in [3.63, 3.8) is 0 Å². The van der Waals surface area contributed by atoms with E-state index in [4.69, 9.17) is 24.7 Å². The molecule has 6 atom stereocenters. The summed E-state index contributed by atoms with van der Waals surface area (Å²) in [6.07, 6.45) is -2.91. The zero-order valence-electron chi connectivity index (χ0n) is 11.2. The monoisotopic (exact) mass is 281 g/mol. The van der Waals surface area contributed by atoms with Gasteiger partial charge < -0.3 is 29.8 Å². The molecule has 2 heterocycles. The van der Waals surface area contributed by atoms with Gasteiger partial charge in [-0.05, 0) is 0 Å². The summed E-state index contributed by atoms with van der Waals surface area (Å²) in [5, 5.41) is 10.3. The van der Waals surface area contributed by atoms with Gasteiger partial charge in [-0.25, -0.2) is 0 Å². The van der Waals surface area contributed by atoms with Crippen LogP contribution >= 0.6 is 0 Å². The molecule has 1 aromatic rings. The second-order valence-corrected chi connectivity index (χ2v) is 5.02. The number of hydrogen-bond acceptors (Lipinski definition) is 6. The summed E-state index contributed by atoms with van der Waals surface area (Å²) >= 11 is 0. The molecule has 6 heteroatoms. The van der Waals surface area contributed by atoms with E-state index >= 15 is 0 Å². The maximum atomic E-state index is 10.3. The molecule has 0 bridgehead atoms. The van der Waals surface area contributed by atoms with E-state index in [0.717, 1.165) is 5.56 Å². The highest BCUT2D eigenvalue weighted by Gasteiger charge is 2.48. The molecule has 2 saturated heterocycles. The lowest BCUT2D eigenvalue weighted by Crippen LogP contribution is -2.64. The van der Waals surface area contributed by atoms with Crippen LogP contribution in [0.15, 0.2) is 30.3 Å². The molecule has 6 nitrogen and oxygen atoms in total. The van der Waals surface area contributed by atoms with Crippen molar-refractivity contribution in [3.05, 3.63) is 35.9 Å². The molecule has 0 aliphatic carbocycles. The first-order valence-corrected chi connectivity index (χ1v) is 6.64. The van der Waals surface area contributed by atoms with Crippen molar-refractivity contribution in [3.8, 4) is 0 Å². The number of methoxy groups -OCH3 is 1. The Kier molecular flexibility index (Phi) is 4.02. The number of fused-ring (bicyclic) bond motifs is 1. The third kappa shape index (κ3) is 2.46. The van der Waals surface area contributed by atoms with Gasteiger partial charge in [0.2, 0.25) is 0 Å². The van der Waals surface area contributed by atoms with E-state index in [-0.39, 0.29) is 6.10 Å². The van der Waals surface area contributed by atoms with Crippen LogP contribution < -0.4 is 5.73 Å². The Morgan fingerprint density at radius 2 is 2.00 bits per heavy atom. The van der Waals surface area contributed by atoms with Gasteiger partial charge in [-0.15, -0.1) is 0 Å². The predicted molar refractivity (Wildman–Crippen MR) is 69.7 cm³/mol. The quantitative estimate of drug-likeness (QED) is 0.803. The van der Waals surface area contributed by atoms with Crippen molar-refractivity contribution >= 4 is 0 Å². The number of benzene rings is 1. The van der Waals surface area contributed by atoms with Gasteiger partial charge >= 0.3 is 0 Å². The van der Waals surface area contributed by atoms with Crippen molar-refractivity contribution in [2.75, 3.05) is 13.7 Å². The molecule has 1 aromatic carbocycles. The smallest absolute Gasteiger partial charge is 0.184 e. The highest BCUT2D eigenvalue weighted by atomic mass is 16.7. The Bertz CT molecular complexity index is 440. The first-order valence-electron chi connectivity index (χ1n) is 6.64. The van der Waals surface area contributed by atoms with Crippen LogP contribution in [0.2, 0.25) is 0 Å². The van der Waals surface area contributed by atoms with Gasteiger partial charge in [0.15, 0.2) is 12.6 Å². The molecule has 2 aliphatic heterocycles. The average Bonchev–Trinajstić information content (AvgIpc) is 2.51. The van der Waals surface area contributed by atoms with E-state index in [0.29, 0.717) is 6.61 Å². The minimum Gasteiger partial charge on any atom is -0.388 e. The van der Waals surface area contributed by atoms with Gasteiger partial charge in [0, 0.05) is 12.7 Å². The van der Waals surface area contributed by atoms with Crippen LogP contribution in [0.1, 0.15) is 11.9 Å². The molecule has 20 heavy (non-hydrogen) atoms. The molecule has 2 aliphatic rings. The SMILES string of the molecule is CO[C@@H]1O[C@@H]2COC(c3ccccc3)O[C@@H]2[C@@H](O)[C@@H]1N. The van der Waals surface area contributed by atoms with E-state index in [1.54, 1.807) is 0 Å². The highest BCUT2D eigenvalue weighted by Crippen LogP contribution is 2.33. The second kappa shape index (κ2) is 5.77. The molecule has 2 fully saturated rings. The summed E-state index contributed by atoms with van der Waals surface area (Å²) in [4.78, 5) is 0. The molecule has 0 spiro atoms. The zero-order chi connectivity index (χ0) is 14.1. The second-order valence-electron chi connectivity index (χ2n) is 5.02. The van der Waals surface area contributed by atoms with Gasteiger partial charge in [-0.3, -0.25) is 0 Å². The molecule has 0 saturated carbocycles. The van der Waals surface area contributed by atoms with Crippen LogP contribution in [0.5, 0.6) is 0 Å². The Morgan fingerprint density at radius 1 is 1.25 bits per heavy atom. The van der Waals surface area contributed by atoms with Gasteiger partial charge in [0.1, 0.15) is 18.3 Å². The van der Waals surface area contributed by atoms with Crippen LogP contribution in [0, 0.1) is 0 Å². The van der Waals surface area contributed by atoms with E-state index in [9.17, 15) is 5.11 Å². The molecule has 0 radical (unpaired) electrons. The molecule has 110 valence electrons. The minimum absolute atomic E-state index is 0.327. The van der Waals surface area contributed by atoms with Crippen molar-refractivity contribution in [2.45, 2.75) is 36.9 Å². The van der Waals surface area contributed by atoms with Crippen molar-refractivity contribution in [2.24, 2.45) is 5.73 Å². The van der Waals surface area contributed by atoms with Crippen LogP contribution in [-0.2, 0) is 18.9 Å². The number of nitrogens with two attached hydrogens (primary N) is 1. The normalized spacial score (nSPS) is 41.1. The van der Waals surface area contributed by atoms with Crippen molar-refractivity contribution in [1.29, 1.82) is 0 Å². The summed E-state index contributed by atoms with van der Waals surface area (Å²) in [5.41, 5.74) is 6.81. The fourth-order valence-corrected chi connectivity index (χ4v) is 2.60. The summed E-state index contributed by atoms with van der Waals surface area (Å²) < 4.78 is 22.2. The summed E-state index contributed by atoms with van der Waals surface area (Å²) in [7, 11) is 1.49. The Balaban J connectivity index is 1.74. The summed E-state index contributed by atoms with van der Waals surface area (Å²) in [6, 6.07) is 8.93. The van der Waals surface area contributed by atoms with Gasteiger partial charge in [-0.2, -0.15) is 0 Å². The fraction of sp³-hybridized carbons (Fsp3) is 0.571. The molecule has 3 N–H and O–H groups in total. The van der Waals surface area contributed by atoms with Crippen LogP contribution in [0.3, 0.4) is 0 Å². The van der Waals surface area contributed by atoms with E-state index in [1.165, 1.54) is 7.11 Å². The van der Waals surface area contributed by atoms with E-state index in [1.807, 2.05) is 30.3 Å². The highest BCUT2D eigenvalue weighted by molar-refractivity contribution is 5.16. The third-order valence-electron chi connectivity index (χ3n) is 3.72. The summed E-state index contributed by atoms with van der Waals surface area (Å²) in [6.45, 7) is 0.327. The first kappa shape index (κ1) is 13.9. The van der Waals surface area contributed by atoms with Crippen LogP contribution in [0.25, 0.3) is 0 Å². The molecule has 1 unspecified atom stereocenters. The van der Waals surface area contributed by atoms with Crippen LogP contribution in [0.4, 0.5) is 0 Å². The Morgan fingerprint density at radius 3 is 2.70 bits per heavy atom. The maximum Gasteiger partial charge on any atom is 0.184 e. The number of hydrogen-bond donors (Lipinski definition) is 2. The first-order chi connectivity index (χ1) is 9.70. The predicted octanol–water partition coefficient (Wildman–Crippen LogP) is 0.160. The lowest BCUT2D eigenvalue weighted by atomic mass is 9.96. The molecule has 3 rings (SSSR count). The molecule has 0 amide bonds. The standard InChI is InChI=1S/C14H19NO5/c1-17-14-10(15)11(16)12-9(19-14)7-18-13(20-12)8-5-3-2-4-6-8/h2-6,9-14,16H,7,15H2,1H3/t9-,10+,11+,12+,13?,14-/m1/s1. The number of ether oxygens (including phenoxy) is 4. The van der Waals surface area contributed by atoms with Crippen molar-refractivity contribution in [1.82, 2.24) is 0 Å². The number of rotatable bonds is 2. The fourth-order valence-electron chi connectivity index (χ4n) is 2.60. The summed E-state index contributed by atoms with van der Waals surface area (Å²) in [5.74, 6) is 0. The Labute approximate surface area is 117 Å². The third-order valence-corrected chi connectivity index (χ3v) is 3.72. The zero-order valence-corrected chi connectivity index (χ0v) is 11.2. The molecular weight excluding hydrogens is 262 g/mol. The lowest BCUT2D eigenvalue weighted by Gasteiger charge is -2.46. The van der Waals surface area contributed by atoms with Crippen LogP contribution in [-0.4, -0.2) is 49.5 Å². The van der Waals surface area contributed by atoms with Gasteiger partial charge in [0.05, 0.1) is 12.6 Å².